The number of hydrogen-bond donors (Lipinski definition) is 2. The lowest BCUT2D eigenvalue weighted by molar-refractivity contribution is 0.0580. The Bertz CT molecular complexity index is 1180. The molecule has 1 aliphatic heterocycles. The van der Waals surface area contributed by atoms with Crippen molar-refractivity contribution in [3.8, 4) is 5.75 Å². The van der Waals surface area contributed by atoms with Crippen molar-refractivity contribution in [3.63, 3.8) is 0 Å². The lowest BCUT2D eigenvalue weighted by Gasteiger charge is -2.42. The van der Waals surface area contributed by atoms with Gasteiger partial charge in [-0.05, 0) is 25.0 Å². The number of carbonyl (C=O) groups is 2. The summed E-state index contributed by atoms with van der Waals surface area (Å²) in [5, 5.41) is 20.2. The van der Waals surface area contributed by atoms with Crippen LogP contribution in [-0.2, 0) is 0 Å². The summed E-state index contributed by atoms with van der Waals surface area (Å²) in [4.78, 5) is 39.0. The van der Waals surface area contributed by atoms with Gasteiger partial charge in [-0.2, -0.15) is 0 Å². The molecule has 1 amide bonds. The monoisotopic (exact) mass is 432 g/mol. The van der Waals surface area contributed by atoms with E-state index in [1.54, 1.807) is 4.90 Å². The van der Waals surface area contributed by atoms with Gasteiger partial charge in [-0.25, -0.2) is 4.79 Å². The largest absolute Gasteiger partial charge is 0.503 e. The Hall–Kier alpha value is -3.87. The van der Waals surface area contributed by atoms with Crippen molar-refractivity contribution in [2.24, 2.45) is 0 Å². The molecule has 0 fully saturated rings. The number of aromatic hydroxyl groups is 1. The van der Waals surface area contributed by atoms with Crippen LogP contribution >= 0.6 is 0 Å². The number of amides is 1. The van der Waals surface area contributed by atoms with Crippen LogP contribution in [0.25, 0.3) is 0 Å². The molecular formula is C25H24N2O5. The molecule has 2 aromatic carbocycles. The second-order valence-corrected chi connectivity index (χ2v) is 8.20. The molecule has 0 saturated heterocycles. The molecule has 164 valence electrons. The fourth-order valence-corrected chi connectivity index (χ4v) is 4.42. The molecular weight excluding hydrogens is 408 g/mol. The predicted molar refractivity (Wildman–Crippen MR) is 119 cm³/mol. The summed E-state index contributed by atoms with van der Waals surface area (Å²) in [6.45, 7) is 4.02. The quantitative estimate of drug-likeness (QED) is 0.643. The van der Waals surface area contributed by atoms with Crippen LogP contribution in [0.3, 0.4) is 0 Å². The van der Waals surface area contributed by atoms with E-state index in [0.717, 1.165) is 11.1 Å². The number of nitrogens with zero attached hydrogens (tertiary/aromatic N) is 2. The highest BCUT2D eigenvalue weighted by molar-refractivity contribution is 5.97. The molecule has 0 saturated carbocycles. The minimum absolute atomic E-state index is 0.179. The Morgan fingerprint density at radius 3 is 1.97 bits per heavy atom. The molecule has 2 N–H and O–H groups in total. The van der Waals surface area contributed by atoms with E-state index in [9.17, 15) is 24.6 Å². The molecule has 32 heavy (non-hydrogen) atoms. The van der Waals surface area contributed by atoms with E-state index in [1.165, 1.54) is 10.8 Å². The van der Waals surface area contributed by atoms with Gasteiger partial charge in [0.05, 0.1) is 6.04 Å². The van der Waals surface area contributed by atoms with E-state index >= 15 is 0 Å². The van der Waals surface area contributed by atoms with Crippen molar-refractivity contribution in [3.05, 3.63) is 99.5 Å². The third-order valence-corrected chi connectivity index (χ3v) is 5.97. The van der Waals surface area contributed by atoms with Crippen LogP contribution in [0.15, 0.2) is 71.7 Å². The van der Waals surface area contributed by atoms with E-state index < -0.39 is 34.7 Å². The first-order valence-electron chi connectivity index (χ1n) is 10.4. The molecule has 1 aliphatic rings. The molecule has 7 nitrogen and oxygen atoms in total. The standard InChI is InChI=1S/C25H24N2O5/c1-15(2)26-14-19(20(16-9-5-3-6-10-16)17-11-7-4-8-12-17)27-13-18(25(31)32)22(28)23(29)21(27)24(26)30/h3-13,15,19-20,29H,14H2,1-2H3,(H,31,32)/t19-/m1/s1. The Balaban J connectivity index is 2.02. The summed E-state index contributed by atoms with van der Waals surface area (Å²) < 4.78 is 1.48. The molecule has 1 aromatic heterocycles. The van der Waals surface area contributed by atoms with Crippen LogP contribution < -0.4 is 5.43 Å². The first kappa shape index (κ1) is 21.4. The zero-order valence-corrected chi connectivity index (χ0v) is 17.8. The number of carboxylic acid groups (broad SMARTS) is 1. The Labute approximate surface area is 185 Å². The summed E-state index contributed by atoms with van der Waals surface area (Å²) in [6, 6.07) is 18.8. The highest BCUT2D eigenvalue weighted by Crippen LogP contribution is 2.40. The van der Waals surface area contributed by atoms with Crippen molar-refractivity contribution in [1.82, 2.24) is 9.47 Å². The van der Waals surface area contributed by atoms with Crippen molar-refractivity contribution in [1.29, 1.82) is 0 Å². The van der Waals surface area contributed by atoms with Crippen molar-refractivity contribution in [2.45, 2.75) is 31.8 Å². The van der Waals surface area contributed by atoms with Crippen LogP contribution in [0, 0.1) is 0 Å². The number of aromatic nitrogens is 1. The van der Waals surface area contributed by atoms with E-state index in [1.807, 2.05) is 74.5 Å². The van der Waals surface area contributed by atoms with Gasteiger partial charge in [0.15, 0.2) is 11.4 Å². The third kappa shape index (κ3) is 3.56. The number of carboxylic acids is 1. The molecule has 0 unspecified atom stereocenters. The molecule has 0 spiro atoms. The van der Waals surface area contributed by atoms with Gasteiger partial charge in [0, 0.05) is 24.7 Å². The molecule has 1 atom stereocenters. The molecule has 0 aliphatic carbocycles. The van der Waals surface area contributed by atoms with Gasteiger partial charge in [0.1, 0.15) is 5.56 Å². The first-order chi connectivity index (χ1) is 15.3. The summed E-state index contributed by atoms with van der Waals surface area (Å²) in [6.07, 6.45) is 1.19. The highest BCUT2D eigenvalue weighted by atomic mass is 16.4. The number of rotatable bonds is 5. The van der Waals surface area contributed by atoms with Gasteiger partial charge in [-0.1, -0.05) is 60.7 Å². The normalized spacial score (nSPS) is 15.8. The van der Waals surface area contributed by atoms with Gasteiger partial charge in [0.25, 0.3) is 5.91 Å². The average Bonchev–Trinajstić information content (AvgIpc) is 2.78. The van der Waals surface area contributed by atoms with Crippen molar-refractivity contribution < 1.29 is 19.8 Å². The molecule has 0 radical (unpaired) electrons. The summed E-state index contributed by atoms with van der Waals surface area (Å²) in [5.74, 6) is -3.03. The minimum atomic E-state index is -1.45. The minimum Gasteiger partial charge on any atom is -0.503 e. The maximum Gasteiger partial charge on any atom is 0.341 e. The zero-order chi connectivity index (χ0) is 23.0. The lowest BCUT2D eigenvalue weighted by Crippen LogP contribution is -2.49. The van der Waals surface area contributed by atoms with Crippen molar-refractivity contribution in [2.75, 3.05) is 6.54 Å². The van der Waals surface area contributed by atoms with Gasteiger partial charge < -0.3 is 19.7 Å². The number of fused-ring (bicyclic) bond motifs is 1. The molecule has 2 heterocycles. The fraction of sp³-hybridized carbons (Fsp3) is 0.240. The van der Waals surface area contributed by atoms with Crippen LogP contribution in [0.2, 0.25) is 0 Å². The molecule has 3 aromatic rings. The average molecular weight is 432 g/mol. The summed E-state index contributed by atoms with van der Waals surface area (Å²) in [5.41, 5.74) is 0.145. The summed E-state index contributed by atoms with van der Waals surface area (Å²) >= 11 is 0. The molecule has 4 rings (SSSR count). The van der Waals surface area contributed by atoms with Crippen LogP contribution in [0.4, 0.5) is 0 Å². The third-order valence-electron chi connectivity index (χ3n) is 5.97. The highest BCUT2D eigenvalue weighted by Gasteiger charge is 2.40. The Kier molecular flexibility index (Phi) is 5.57. The molecule has 7 heteroatoms. The van der Waals surface area contributed by atoms with Gasteiger partial charge in [-0.3, -0.25) is 9.59 Å². The summed E-state index contributed by atoms with van der Waals surface area (Å²) in [7, 11) is 0. The Morgan fingerprint density at radius 1 is 0.969 bits per heavy atom. The zero-order valence-electron chi connectivity index (χ0n) is 17.8. The van der Waals surface area contributed by atoms with E-state index in [-0.39, 0.29) is 17.7 Å². The van der Waals surface area contributed by atoms with Crippen molar-refractivity contribution >= 4 is 11.9 Å². The number of aromatic carboxylic acids is 1. The van der Waals surface area contributed by atoms with Crippen LogP contribution in [0.1, 0.15) is 57.8 Å². The topological polar surface area (TPSA) is 99.8 Å². The second-order valence-electron chi connectivity index (χ2n) is 8.20. The van der Waals surface area contributed by atoms with E-state index in [2.05, 4.69) is 0 Å². The molecule has 0 bridgehead atoms. The number of pyridine rings is 1. The van der Waals surface area contributed by atoms with E-state index in [4.69, 9.17) is 0 Å². The Morgan fingerprint density at radius 2 is 1.50 bits per heavy atom. The number of hydrogen-bond acceptors (Lipinski definition) is 4. The second kappa shape index (κ2) is 8.34. The smallest absolute Gasteiger partial charge is 0.341 e. The SMILES string of the molecule is CC(C)N1C[C@H](C(c2ccccc2)c2ccccc2)n2cc(C(=O)O)c(=O)c(O)c2C1=O. The van der Waals surface area contributed by atoms with E-state index in [0.29, 0.717) is 6.54 Å². The van der Waals surface area contributed by atoms with Gasteiger partial charge in [-0.15, -0.1) is 0 Å². The maximum absolute atomic E-state index is 13.2. The van der Waals surface area contributed by atoms with Gasteiger partial charge in [0.2, 0.25) is 5.43 Å². The number of benzene rings is 2. The van der Waals surface area contributed by atoms with Crippen LogP contribution in [0.5, 0.6) is 5.75 Å². The first-order valence-corrected chi connectivity index (χ1v) is 10.4. The maximum atomic E-state index is 13.2. The number of carbonyl (C=O) groups excluding carboxylic acids is 1. The lowest BCUT2D eigenvalue weighted by atomic mass is 9.83. The predicted octanol–water partition coefficient (Wildman–Crippen LogP) is 3.49. The van der Waals surface area contributed by atoms with Crippen LogP contribution in [-0.4, -0.2) is 44.1 Å². The van der Waals surface area contributed by atoms with Gasteiger partial charge >= 0.3 is 5.97 Å². The fourth-order valence-electron chi connectivity index (χ4n) is 4.42.